The lowest BCUT2D eigenvalue weighted by Crippen LogP contribution is -2.17. The number of fused-ring (bicyclic) bond motifs is 1. The van der Waals surface area contributed by atoms with Gasteiger partial charge in [0, 0.05) is 28.5 Å². The van der Waals surface area contributed by atoms with E-state index in [1.54, 1.807) is 30.0 Å². The number of thioether (sulfide) groups is 1. The molecule has 1 amide bonds. The Morgan fingerprint density at radius 2 is 2.00 bits per heavy atom. The minimum absolute atomic E-state index is 0.0610. The molecule has 0 saturated heterocycles. The molecule has 0 aliphatic carbocycles. The Hall–Kier alpha value is -3.60. The summed E-state index contributed by atoms with van der Waals surface area (Å²) in [5.41, 5.74) is 4.38. The number of ether oxygens (including phenoxy) is 2. The molecule has 0 atom stereocenters. The van der Waals surface area contributed by atoms with Gasteiger partial charge >= 0.3 is 5.69 Å². The first-order chi connectivity index (χ1) is 14.8. The fraction of sp³-hybridized carbons (Fsp3) is 0.250. The zero-order valence-corrected chi connectivity index (χ0v) is 18.1. The predicted octanol–water partition coefficient (Wildman–Crippen LogP) is 3.75. The quantitative estimate of drug-likeness (QED) is 0.234. The van der Waals surface area contributed by atoms with Crippen molar-refractivity contribution in [3.63, 3.8) is 0 Å². The third-order valence-corrected chi connectivity index (χ3v) is 5.06. The zero-order chi connectivity index (χ0) is 22.5. The molecule has 0 spiro atoms. The summed E-state index contributed by atoms with van der Waals surface area (Å²) in [6, 6.07) is 7.75. The number of carbonyl (C=O) groups excluding carboxylic acids is 1. The summed E-state index contributed by atoms with van der Waals surface area (Å²) < 4.78 is 10.2. The molecule has 0 saturated carbocycles. The number of methoxy groups -OCH3 is 2. The van der Waals surface area contributed by atoms with Crippen LogP contribution in [0.3, 0.4) is 0 Å². The van der Waals surface area contributed by atoms with Crippen molar-refractivity contribution >= 4 is 40.6 Å². The number of rotatable bonds is 8. The molecule has 3 aromatic rings. The Kier molecular flexibility index (Phi) is 6.75. The molecule has 162 valence electrons. The number of benzene rings is 2. The highest BCUT2D eigenvalue weighted by Gasteiger charge is 2.19. The number of hydrogen-bond donors (Lipinski definition) is 2. The van der Waals surface area contributed by atoms with Crippen LogP contribution in [0.4, 0.5) is 5.69 Å². The first-order valence-corrected chi connectivity index (χ1v) is 10.1. The second-order valence-electron chi connectivity index (χ2n) is 6.66. The van der Waals surface area contributed by atoms with Gasteiger partial charge in [-0.05, 0) is 18.2 Å². The number of carbonyl (C=O) groups is 1. The van der Waals surface area contributed by atoms with E-state index in [2.05, 4.69) is 34.3 Å². The SMILES string of the molecule is COc1cc(OC)c([N+](=O)[O-])cc1/C=N\NC(=O)c1ccc2nc(SC(C)C)[nH]c2c1. The molecule has 0 radical (unpaired) electrons. The van der Waals surface area contributed by atoms with E-state index in [0.29, 0.717) is 22.1 Å². The van der Waals surface area contributed by atoms with Crippen LogP contribution >= 0.6 is 11.8 Å². The van der Waals surface area contributed by atoms with Crippen molar-refractivity contribution in [1.29, 1.82) is 0 Å². The van der Waals surface area contributed by atoms with Crippen molar-refractivity contribution < 1.29 is 19.2 Å². The van der Waals surface area contributed by atoms with E-state index in [9.17, 15) is 14.9 Å². The van der Waals surface area contributed by atoms with Crippen molar-refractivity contribution in [2.75, 3.05) is 14.2 Å². The van der Waals surface area contributed by atoms with Crippen LogP contribution in [0.2, 0.25) is 0 Å². The Balaban J connectivity index is 1.78. The van der Waals surface area contributed by atoms with Crippen molar-refractivity contribution in [2.24, 2.45) is 5.10 Å². The number of hydrogen-bond acceptors (Lipinski definition) is 8. The lowest BCUT2D eigenvalue weighted by molar-refractivity contribution is -0.385. The average molecular weight is 443 g/mol. The van der Waals surface area contributed by atoms with Crippen LogP contribution in [0.25, 0.3) is 11.0 Å². The summed E-state index contributed by atoms with van der Waals surface area (Å²) in [4.78, 5) is 30.8. The number of aromatic amines is 1. The first kappa shape index (κ1) is 22.1. The fourth-order valence-corrected chi connectivity index (χ4v) is 3.55. The zero-order valence-electron chi connectivity index (χ0n) is 17.3. The van der Waals surface area contributed by atoms with E-state index in [-0.39, 0.29) is 11.4 Å². The number of nitrogens with zero attached hydrogens (tertiary/aromatic N) is 3. The highest BCUT2D eigenvalue weighted by Crippen LogP contribution is 2.33. The molecule has 0 aliphatic rings. The van der Waals surface area contributed by atoms with E-state index in [1.807, 2.05) is 0 Å². The van der Waals surface area contributed by atoms with Crippen LogP contribution in [0, 0.1) is 10.1 Å². The summed E-state index contributed by atoms with van der Waals surface area (Å²) in [7, 11) is 2.75. The maximum atomic E-state index is 12.5. The minimum atomic E-state index is -0.570. The standard InChI is InChI=1S/C20H21N5O5S/c1-11(2)31-20-22-14-6-5-12(7-15(14)23-20)19(26)24-21-10-13-8-16(25(27)28)18(30-4)9-17(13)29-3/h5-11H,1-4H3,(H,22,23)(H,24,26)/b21-10-. The van der Waals surface area contributed by atoms with Crippen molar-refractivity contribution in [1.82, 2.24) is 15.4 Å². The Bertz CT molecular complexity index is 1160. The van der Waals surface area contributed by atoms with E-state index in [0.717, 1.165) is 16.2 Å². The van der Waals surface area contributed by atoms with Crippen LogP contribution in [0.15, 0.2) is 40.6 Å². The summed E-state index contributed by atoms with van der Waals surface area (Å²) >= 11 is 1.60. The predicted molar refractivity (Wildman–Crippen MR) is 118 cm³/mol. The minimum Gasteiger partial charge on any atom is -0.496 e. The topological polar surface area (TPSA) is 132 Å². The van der Waals surface area contributed by atoms with Crippen LogP contribution in [0.1, 0.15) is 29.8 Å². The van der Waals surface area contributed by atoms with E-state index < -0.39 is 10.8 Å². The van der Waals surface area contributed by atoms with Gasteiger partial charge in [0.1, 0.15) is 5.75 Å². The summed E-state index contributed by atoms with van der Waals surface area (Å²) in [5, 5.41) is 16.3. The number of nitro benzene ring substituents is 1. The van der Waals surface area contributed by atoms with E-state index >= 15 is 0 Å². The highest BCUT2D eigenvalue weighted by atomic mass is 32.2. The van der Waals surface area contributed by atoms with Gasteiger partial charge in [-0.1, -0.05) is 25.6 Å². The third-order valence-electron chi connectivity index (χ3n) is 4.17. The first-order valence-electron chi connectivity index (χ1n) is 9.22. The largest absolute Gasteiger partial charge is 0.496 e. The second kappa shape index (κ2) is 9.47. The van der Waals surface area contributed by atoms with Crippen molar-refractivity contribution in [3.05, 3.63) is 51.6 Å². The molecule has 11 heteroatoms. The van der Waals surface area contributed by atoms with E-state index in [1.165, 1.54) is 32.6 Å². The van der Waals surface area contributed by atoms with Crippen LogP contribution in [0.5, 0.6) is 11.5 Å². The number of nitrogens with one attached hydrogen (secondary N) is 2. The van der Waals surface area contributed by atoms with Gasteiger partial charge < -0.3 is 14.5 Å². The molecular formula is C20H21N5O5S. The maximum Gasteiger partial charge on any atom is 0.311 e. The van der Waals surface area contributed by atoms with Crippen LogP contribution in [-0.2, 0) is 0 Å². The Morgan fingerprint density at radius 3 is 2.65 bits per heavy atom. The molecule has 3 rings (SSSR count). The second-order valence-corrected chi connectivity index (χ2v) is 8.23. The Labute approximate surface area is 182 Å². The third kappa shape index (κ3) is 5.12. The van der Waals surface area contributed by atoms with Crippen LogP contribution < -0.4 is 14.9 Å². The van der Waals surface area contributed by atoms with Crippen LogP contribution in [-0.4, -0.2) is 46.5 Å². The molecule has 0 unspecified atom stereocenters. The maximum absolute atomic E-state index is 12.5. The lowest BCUT2D eigenvalue weighted by Gasteiger charge is -2.08. The number of hydrazone groups is 1. The summed E-state index contributed by atoms with van der Waals surface area (Å²) in [5.74, 6) is -0.0619. The highest BCUT2D eigenvalue weighted by molar-refractivity contribution is 7.99. The van der Waals surface area contributed by atoms with Gasteiger partial charge in [-0.15, -0.1) is 0 Å². The number of nitro groups is 1. The molecule has 10 nitrogen and oxygen atoms in total. The van der Waals surface area contributed by atoms with Gasteiger partial charge in [0.25, 0.3) is 5.91 Å². The monoisotopic (exact) mass is 443 g/mol. The number of imidazole rings is 1. The number of aromatic nitrogens is 2. The molecule has 31 heavy (non-hydrogen) atoms. The fourth-order valence-electron chi connectivity index (χ4n) is 2.78. The average Bonchev–Trinajstić information content (AvgIpc) is 3.13. The van der Waals surface area contributed by atoms with Gasteiger partial charge in [-0.2, -0.15) is 5.10 Å². The molecular weight excluding hydrogens is 422 g/mol. The molecule has 0 bridgehead atoms. The van der Waals surface area contributed by atoms with Gasteiger partial charge in [0.15, 0.2) is 5.16 Å². The Morgan fingerprint density at radius 1 is 1.26 bits per heavy atom. The molecule has 2 aromatic carbocycles. The molecule has 1 aromatic heterocycles. The molecule has 2 N–H and O–H groups in total. The lowest BCUT2D eigenvalue weighted by atomic mass is 10.1. The molecule has 0 fully saturated rings. The van der Waals surface area contributed by atoms with Gasteiger partial charge in [0.2, 0.25) is 5.75 Å². The van der Waals surface area contributed by atoms with E-state index in [4.69, 9.17) is 9.47 Å². The van der Waals surface area contributed by atoms with Crippen molar-refractivity contribution in [2.45, 2.75) is 24.3 Å². The van der Waals surface area contributed by atoms with Gasteiger partial charge in [-0.3, -0.25) is 14.9 Å². The normalized spacial score (nSPS) is 11.3. The molecule has 1 heterocycles. The molecule has 0 aliphatic heterocycles. The number of amides is 1. The van der Waals surface area contributed by atoms with Crippen molar-refractivity contribution in [3.8, 4) is 11.5 Å². The summed E-state index contributed by atoms with van der Waals surface area (Å²) in [6.07, 6.45) is 1.27. The number of H-pyrrole nitrogens is 1. The van der Waals surface area contributed by atoms with Gasteiger partial charge in [0.05, 0.1) is 36.4 Å². The smallest absolute Gasteiger partial charge is 0.311 e. The summed E-state index contributed by atoms with van der Waals surface area (Å²) in [6.45, 7) is 4.14. The van der Waals surface area contributed by atoms with Gasteiger partial charge in [-0.25, -0.2) is 10.4 Å².